The molecule has 0 aromatic carbocycles. The number of hydrogen-bond donors (Lipinski definition) is 3. The van der Waals surface area contributed by atoms with E-state index in [1.807, 2.05) is 17.0 Å². The standard InChI is InChI=1S/C25H23N9O2/c1-2-19(35)29-18-6-5-14(12-27-18)15-11-17-21(32-33-22(17)28-13-15)24-30-20-16(7-8-26-23(20)31-24)25(36)34-9-3-4-10-34/h5-8,11-13H,2-4,9-10H2,1H3,(H,26,30,31)(H,27,29,35)(H,28,32,33). The van der Waals surface area contributed by atoms with Gasteiger partial charge in [-0.1, -0.05) is 6.92 Å². The number of pyridine rings is 3. The molecule has 5 aromatic heterocycles. The van der Waals surface area contributed by atoms with Gasteiger partial charge in [-0.05, 0) is 37.1 Å². The zero-order valence-corrected chi connectivity index (χ0v) is 19.6. The molecular weight excluding hydrogens is 458 g/mol. The van der Waals surface area contributed by atoms with Crippen LogP contribution in [0.3, 0.4) is 0 Å². The fourth-order valence-electron chi connectivity index (χ4n) is 4.40. The monoisotopic (exact) mass is 481 g/mol. The van der Waals surface area contributed by atoms with E-state index in [1.165, 1.54) is 0 Å². The van der Waals surface area contributed by atoms with Gasteiger partial charge in [0.25, 0.3) is 5.91 Å². The molecule has 11 nitrogen and oxygen atoms in total. The number of carbonyl (C=O) groups excluding carboxylic acids is 2. The number of aromatic amines is 2. The minimum atomic E-state index is -0.0908. The first kappa shape index (κ1) is 21.8. The maximum atomic E-state index is 13.1. The van der Waals surface area contributed by atoms with E-state index in [9.17, 15) is 9.59 Å². The van der Waals surface area contributed by atoms with Gasteiger partial charge < -0.3 is 15.2 Å². The van der Waals surface area contributed by atoms with Crippen molar-refractivity contribution in [1.29, 1.82) is 0 Å². The van der Waals surface area contributed by atoms with Crippen LogP contribution in [0.5, 0.6) is 0 Å². The molecule has 2 amide bonds. The third-order valence-electron chi connectivity index (χ3n) is 6.33. The summed E-state index contributed by atoms with van der Waals surface area (Å²) in [5.74, 6) is 0.879. The average Bonchev–Trinajstić information content (AvgIpc) is 3.67. The van der Waals surface area contributed by atoms with E-state index in [1.54, 1.807) is 37.6 Å². The molecule has 0 bridgehead atoms. The lowest BCUT2D eigenvalue weighted by Crippen LogP contribution is -2.27. The van der Waals surface area contributed by atoms with Crippen LogP contribution in [0.1, 0.15) is 36.5 Å². The number of likely N-dealkylation sites (tertiary alicyclic amines) is 1. The predicted octanol–water partition coefficient (Wildman–Crippen LogP) is 3.54. The average molecular weight is 482 g/mol. The summed E-state index contributed by atoms with van der Waals surface area (Å²) in [4.78, 5) is 47.7. The summed E-state index contributed by atoms with van der Waals surface area (Å²) in [6, 6.07) is 7.31. The van der Waals surface area contributed by atoms with Gasteiger partial charge in [0, 0.05) is 49.2 Å². The molecule has 0 atom stereocenters. The first-order chi connectivity index (χ1) is 17.6. The van der Waals surface area contributed by atoms with Gasteiger partial charge in [-0.25, -0.2) is 19.9 Å². The van der Waals surface area contributed by atoms with Gasteiger partial charge in [0.1, 0.15) is 17.0 Å². The Bertz CT molecular complexity index is 1600. The Labute approximate surface area is 205 Å². The fourth-order valence-corrected chi connectivity index (χ4v) is 4.40. The number of nitrogens with zero attached hydrogens (tertiary/aromatic N) is 6. The van der Waals surface area contributed by atoms with Gasteiger partial charge in [0.15, 0.2) is 17.1 Å². The van der Waals surface area contributed by atoms with Crippen LogP contribution in [0.25, 0.3) is 44.8 Å². The number of carbonyl (C=O) groups is 2. The van der Waals surface area contributed by atoms with Crippen molar-refractivity contribution < 1.29 is 9.59 Å². The topological polar surface area (TPSA) is 145 Å². The van der Waals surface area contributed by atoms with Gasteiger partial charge in [0.05, 0.1) is 10.9 Å². The van der Waals surface area contributed by atoms with Crippen molar-refractivity contribution in [3.05, 3.63) is 48.4 Å². The van der Waals surface area contributed by atoms with Crippen LogP contribution in [0.4, 0.5) is 5.82 Å². The van der Waals surface area contributed by atoms with E-state index >= 15 is 0 Å². The summed E-state index contributed by atoms with van der Waals surface area (Å²) < 4.78 is 0. The third-order valence-corrected chi connectivity index (χ3v) is 6.33. The summed E-state index contributed by atoms with van der Waals surface area (Å²) >= 11 is 0. The number of hydrogen-bond acceptors (Lipinski definition) is 7. The molecule has 0 unspecified atom stereocenters. The molecule has 5 aromatic rings. The molecule has 1 aliphatic heterocycles. The lowest BCUT2D eigenvalue weighted by molar-refractivity contribution is -0.115. The minimum absolute atomic E-state index is 0.0279. The fraction of sp³-hybridized carbons (Fsp3) is 0.240. The molecule has 6 rings (SSSR count). The maximum absolute atomic E-state index is 13.1. The number of imidazole rings is 1. The summed E-state index contributed by atoms with van der Waals surface area (Å²) in [5.41, 5.74) is 4.46. The second-order valence-electron chi connectivity index (χ2n) is 8.67. The first-order valence-electron chi connectivity index (χ1n) is 11.9. The summed E-state index contributed by atoms with van der Waals surface area (Å²) in [7, 11) is 0. The van der Waals surface area contributed by atoms with Crippen molar-refractivity contribution in [3.63, 3.8) is 0 Å². The first-order valence-corrected chi connectivity index (χ1v) is 11.9. The van der Waals surface area contributed by atoms with Crippen molar-refractivity contribution in [1.82, 2.24) is 40.0 Å². The van der Waals surface area contributed by atoms with Crippen molar-refractivity contribution in [2.75, 3.05) is 18.4 Å². The van der Waals surface area contributed by atoms with Crippen molar-refractivity contribution in [2.45, 2.75) is 26.2 Å². The lowest BCUT2D eigenvalue weighted by Gasteiger charge is -2.14. The molecule has 0 saturated carbocycles. The van der Waals surface area contributed by atoms with E-state index in [4.69, 9.17) is 4.98 Å². The van der Waals surface area contributed by atoms with Crippen LogP contribution >= 0.6 is 0 Å². The molecule has 6 heterocycles. The van der Waals surface area contributed by atoms with Crippen molar-refractivity contribution in [3.8, 4) is 22.6 Å². The molecule has 1 saturated heterocycles. The highest BCUT2D eigenvalue weighted by Crippen LogP contribution is 2.30. The maximum Gasteiger partial charge on any atom is 0.256 e. The molecule has 1 aliphatic rings. The summed E-state index contributed by atoms with van der Waals surface area (Å²) in [6.45, 7) is 3.32. The molecule has 11 heteroatoms. The molecule has 0 radical (unpaired) electrons. The van der Waals surface area contributed by atoms with Crippen LogP contribution in [0, 0.1) is 0 Å². The highest BCUT2D eigenvalue weighted by atomic mass is 16.2. The van der Waals surface area contributed by atoms with Gasteiger partial charge in [-0.15, -0.1) is 0 Å². The number of anilines is 1. The smallest absolute Gasteiger partial charge is 0.256 e. The minimum Gasteiger partial charge on any atom is -0.339 e. The Balaban J connectivity index is 1.36. The quantitative estimate of drug-likeness (QED) is 0.348. The number of fused-ring (bicyclic) bond motifs is 2. The Morgan fingerprint density at radius 2 is 1.86 bits per heavy atom. The highest BCUT2D eigenvalue weighted by molar-refractivity contribution is 6.05. The highest BCUT2D eigenvalue weighted by Gasteiger charge is 2.24. The van der Waals surface area contributed by atoms with E-state index in [0.29, 0.717) is 46.1 Å². The molecule has 36 heavy (non-hydrogen) atoms. The van der Waals surface area contributed by atoms with Crippen molar-refractivity contribution >= 4 is 39.8 Å². The second kappa shape index (κ2) is 8.84. The van der Waals surface area contributed by atoms with E-state index in [2.05, 4.69) is 35.5 Å². The van der Waals surface area contributed by atoms with E-state index in [0.717, 1.165) is 42.4 Å². The number of rotatable bonds is 5. The van der Waals surface area contributed by atoms with Gasteiger partial charge in [-0.3, -0.25) is 14.7 Å². The van der Waals surface area contributed by atoms with Gasteiger partial charge in [-0.2, -0.15) is 5.10 Å². The van der Waals surface area contributed by atoms with Crippen LogP contribution in [0.15, 0.2) is 42.9 Å². The molecule has 0 spiro atoms. The van der Waals surface area contributed by atoms with Crippen molar-refractivity contribution in [2.24, 2.45) is 0 Å². The Hall–Kier alpha value is -4.67. The molecule has 180 valence electrons. The van der Waals surface area contributed by atoms with Gasteiger partial charge >= 0.3 is 0 Å². The Morgan fingerprint density at radius 3 is 2.64 bits per heavy atom. The Kier molecular flexibility index (Phi) is 5.36. The number of H-pyrrole nitrogens is 2. The van der Waals surface area contributed by atoms with E-state index < -0.39 is 0 Å². The van der Waals surface area contributed by atoms with Crippen LogP contribution < -0.4 is 5.32 Å². The number of aromatic nitrogens is 7. The normalized spacial score (nSPS) is 13.5. The largest absolute Gasteiger partial charge is 0.339 e. The molecular formula is C25H23N9O2. The number of nitrogens with one attached hydrogen (secondary N) is 3. The lowest BCUT2D eigenvalue weighted by atomic mass is 10.1. The summed E-state index contributed by atoms with van der Waals surface area (Å²) in [5, 5.41) is 10.9. The zero-order chi connectivity index (χ0) is 24.6. The molecule has 0 aliphatic carbocycles. The molecule has 3 N–H and O–H groups in total. The Morgan fingerprint density at radius 1 is 1.03 bits per heavy atom. The molecule has 1 fully saturated rings. The van der Waals surface area contributed by atoms with Crippen LogP contribution in [-0.4, -0.2) is 64.9 Å². The summed E-state index contributed by atoms with van der Waals surface area (Å²) in [6.07, 6.45) is 7.47. The number of amides is 2. The van der Waals surface area contributed by atoms with E-state index in [-0.39, 0.29) is 11.8 Å². The van der Waals surface area contributed by atoms with Crippen LogP contribution in [-0.2, 0) is 4.79 Å². The third kappa shape index (κ3) is 3.84. The zero-order valence-electron chi connectivity index (χ0n) is 19.6. The van der Waals surface area contributed by atoms with Gasteiger partial charge in [0.2, 0.25) is 5.91 Å². The predicted molar refractivity (Wildman–Crippen MR) is 134 cm³/mol. The van der Waals surface area contributed by atoms with Crippen LogP contribution in [0.2, 0.25) is 0 Å². The SMILES string of the molecule is CCC(=O)Nc1ccc(-c2cnc3[nH]nc(-c4nc5c(C(=O)N6CCCC6)ccnc5[nH]4)c3c2)cn1. The second-order valence-corrected chi connectivity index (χ2v) is 8.67.